The Kier molecular flexibility index (Phi) is 6.13. The van der Waals surface area contributed by atoms with Gasteiger partial charge in [-0.25, -0.2) is 0 Å². The first-order chi connectivity index (χ1) is 8.66. The van der Waals surface area contributed by atoms with Gasteiger partial charge >= 0.3 is 0 Å². The summed E-state index contributed by atoms with van der Waals surface area (Å²) in [5, 5.41) is 0.795. The third-order valence-corrected chi connectivity index (χ3v) is 4.04. The lowest BCUT2D eigenvalue weighted by molar-refractivity contribution is 0.191. The quantitative estimate of drug-likeness (QED) is 0.892. The number of benzene rings is 1. The van der Waals surface area contributed by atoms with Crippen LogP contribution in [0.4, 0.5) is 0 Å². The van der Waals surface area contributed by atoms with E-state index in [2.05, 4.69) is 24.1 Å². The van der Waals surface area contributed by atoms with Gasteiger partial charge in [-0.1, -0.05) is 37.6 Å². The minimum atomic E-state index is 0.164. The summed E-state index contributed by atoms with van der Waals surface area (Å²) >= 11 is 5.92. The highest BCUT2D eigenvalue weighted by atomic mass is 35.5. The Hall–Kier alpha value is -0.570. The molecule has 2 rings (SSSR count). The monoisotopic (exact) mass is 268 g/mol. The zero-order valence-corrected chi connectivity index (χ0v) is 12.5. The molecule has 1 aromatic carbocycles. The highest BCUT2D eigenvalue weighted by Gasteiger charge is 2.33. The van der Waals surface area contributed by atoms with Crippen LogP contribution in [-0.2, 0) is 5.41 Å². The van der Waals surface area contributed by atoms with Crippen LogP contribution in [0.2, 0.25) is 5.02 Å². The van der Waals surface area contributed by atoms with E-state index in [1.54, 1.807) is 0 Å². The fourth-order valence-electron chi connectivity index (χ4n) is 2.46. The van der Waals surface area contributed by atoms with Crippen LogP contribution >= 0.6 is 11.6 Å². The Morgan fingerprint density at radius 3 is 2.11 bits per heavy atom. The molecule has 0 amide bonds. The highest BCUT2D eigenvalue weighted by molar-refractivity contribution is 6.30. The molecule has 0 aromatic heterocycles. The summed E-state index contributed by atoms with van der Waals surface area (Å²) < 4.78 is 0. The Morgan fingerprint density at radius 2 is 1.67 bits per heavy atom. The lowest BCUT2D eigenvalue weighted by Crippen LogP contribution is -2.45. The lowest BCUT2D eigenvalue weighted by Gasteiger charge is -2.40. The SMILES string of the molecule is CC.CN1CCC(CN)(c2ccc(Cl)cc2)CC1. The number of nitrogens with two attached hydrogens (primary N) is 1. The molecule has 2 N–H and O–H groups in total. The Morgan fingerprint density at radius 1 is 1.17 bits per heavy atom. The van der Waals surface area contributed by atoms with Crippen molar-refractivity contribution in [3.05, 3.63) is 34.9 Å². The number of hydrogen-bond acceptors (Lipinski definition) is 2. The molecule has 1 saturated heterocycles. The van der Waals surface area contributed by atoms with E-state index < -0.39 is 0 Å². The molecule has 1 aliphatic rings. The van der Waals surface area contributed by atoms with Crippen LogP contribution in [-0.4, -0.2) is 31.6 Å². The Balaban J connectivity index is 0.000000771. The molecule has 1 aliphatic heterocycles. The van der Waals surface area contributed by atoms with Crippen molar-refractivity contribution >= 4 is 11.6 Å². The summed E-state index contributed by atoms with van der Waals surface area (Å²) in [6, 6.07) is 8.18. The number of hydrogen-bond donors (Lipinski definition) is 1. The van der Waals surface area contributed by atoms with E-state index in [9.17, 15) is 0 Å². The van der Waals surface area contributed by atoms with Crippen LogP contribution in [0.25, 0.3) is 0 Å². The van der Waals surface area contributed by atoms with Gasteiger partial charge in [0.15, 0.2) is 0 Å². The fraction of sp³-hybridized carbons (Fsp3) is 0.600. The normalized spacial score (nSPS) is 18.9. The van der Waals surface area contributed by atoms with Crippen molar-refractivity contribution in [2.75, 3.05) is 26.7 Å². The van der Waals surface area contributed by atoms with Gasteiger partial charge in [0.1, 0.15) is 0 Å². The van der Waals surface area contributed by atoms with E-state index in [4.69, 9.17) is 17.3 Å². The van der Waals surface area contributed by atoms with Crippen LogP contribution in [0.15, 0.2) is 24.3 Å². The number of nitrogens with zero attached hydrogens (tertiary/aromatic N) is 1. The number of likely N-dealkylation sites (tertiary alicyclic amines) is 1. The molecule has 102 valence electrons. The zero-order valence-electron chi connectivity index (χ0n) is 11.7. The van der Waals surface area contributed by atoms with E-state index in [0.29, 0.717) is 0 Å². The molecule has 3 heteroatoms. The second-order valence-electron chi connectivity index (χ2n) is 4.79. The molecule has 1 fully saturated rings. The van der Waals surface area contributed by atoms with Crippen molar-refractivity contribution in [2.45, 2.75) is 32.1 Å². The molecular weight excluding hydrogens is 244 g/mol. The smallest absolute Gasteiger partial charge is 0.0406 e. The van der Waals surface area contributed by atoms with Gasteiger partial charge in [0.25, 0.3) is 0 Å². The van der Waals surface area contributed by atoms with Gasteiger partial charge in [-0.2, -0.15) is 0 Å². The number of piperidine rings is 1. The maximum atomic E-state index is 6.00. The number of rotatable bonds is 2. The maximum absolute atomic E-state index is 6.00. The predicted molar refractivity (Wildman–Crippen MR) is 80.3 cm³/mol. The molecule has 0 atom stereocenters. The molecule has 2 nitrogen and oxygen atoms in total. The van der Waals surface area contributed by atoms with Crippen LogP contribution in [0.3, 0.4) is 0 Å². The molecule has 0 aliphatic carbocycles. The molecule has 18 heavy (non-hydrogen) atoms. The van der Waals surface area contributed by atoms with E-state index in [1.807, 2.05) is 26.0 Å². The largest absolute Gasteiger partial charge is 0.330 e. The Bertz CT molecular complexity index is 340. The summed E-state index contributed by atoms with van der Waals surface area (Å²) in [4.78, 5) is 2.36. The van der Waals surface area contributed by atoms with E-state index >= 15 is 0 Å². The standard InChI is InChI=1S/C13H19ClN2.C2H6/c1-16-8-6-13(10-15,7-9-16)11-2-4-12(14)5-3-11;1-2/h2-5H,6-10,15H2,1H3;1-2H3. The van der Waals surface area contributed by atoms with Crippen molar-refractivity contribution in [3.8, 4) is 0 Å². The van der Waals surface area contributed by atoms with E-state index in [0.717, 1.165) is 37.5 Å². The molecule has 0 bridgehead atoms. The molecule has 0 radical (unpaired) electrons. The average Bonchev–Trinajstić information content (AvgIpc) is 2.43. The van der Waals surface area contributed by atoms with E-state index in [1.165, 1.54) is 5.56 Å². The van der Waals surface area contributed by atoms with Gasteiger partial charge in [-0.05, 0) is 50.7 Å². The lowest BCUT2D eigenvalue weighted by atomic mass is 9.73. The van der Waals surface area contributed by atoms with Crippen LogP contribution in [0.5, 0.6) is 0 Å². The Labute approximate surface area is 116 Å². The topological polar surface area (TPSA) is 29.3 Å². The predicted octanol–water partition coefficient (Wildman–Crippen LogP) is 3.29. The van der Waals surface area contributed by atoms with Crippen LogP contribution < -0.4 is 5.73 Å². The molecule has 0 spiro atoms. The number of halogens is 1. The van der Waals surface area contributed by atoms with Crippen LogP contribution in [0.1, 0.15) is 32.3 Å². The van der Waals surface area contributed by atoms with Gasteiger partial charge in [0, 0.05) is 17.0 Å². The minimum Gasteiger partial charge on any atom is -0.330 e. The summed E-state index contributed by atoms with van der Waals surface area (Å²) in [6.45, 7) is 6.97. The van der Waals surface area contributed by atoms with E-state index in [-0.39, 0.29) is 5.41 Å². The van der Waals surface area contributed by atoms with Gasteiger partial charge in [0.2, 0.25) is 0 Å². The first-order valence-corrected chi connectivity index (χ1v) is 7.19. The minimum absolute atomic E-state index is 0.164. The molecule has 1 aromatic rings. The summed E-state index contributed by atoms with van der Waals surface area (Å²) in [5.41, 5.74) is 7.51. The van der Waals surface area contributed by atoms with Crippen LogP contribution in [0, 0.1) is 0 Å². The first-order valence-electron chi connectivity index (χ1n) is 6.81. The van der Waals surface area contributed by atoms with Gasteiger partial charge in [-0.3, -0.25) is 0 Å². The highest BCUT2D eigenvalue weighted by Crippen LogP contribution is 2.34. The van der Waals surface area contributed by atoms with Gasteiger partial charge in [0.05, 0.1) is 0 Å². The van der Waals surface area contributed by atoms with Gasteiger partial charge in [-0.15, -0.1) is 0 Å². The zero-order chi connectivity index (χ0) is 13.6. The molecular formula is C15H25ClN2. The van der Waals surface area contributed by atoms with Gasteiger partial charge < -0.3 is 10.6 Å². The van der Waals surface area contributed by atoms with Crippen molar-refractivity contribution in [2.24, 2.45) is 5.73 Å². The third kappa shape index (κ3) is 3.47. The third-order valence-electron chi connectivity index (χ3n) is 3.79. The van der Waals surface area contributed by atoms with Crippen molar-refractivity contribution < 1.29 is 0 Å². The first kappa shape index (κ1) is 15.5. The molecule has 0 unspecified atom stereocenters. The summed E-state index contributed by atoms with van der Waals surface area (Å²) in [5.74, 6) is 0. The second-order valence-corrected chi connectivity index (χ2v) is 5.23. The van der Waals surface area contributed by atoms with Crippen molar-refractivity contribution in [3.63, 3.8) is 0 Å². The molecule has 0 saturated carbocycles. The summed E-state index contributed by atoms with van der Waals surface area (Å²) in [6.07, 6.45) is 2.28. The molecule has 1 heterocycles. The second kappa shape index (κ2) is 7.13. The summed E-state index contributed by atoms with van der Waals surface area (Å²) in [7, 11) is 2.17. The van der Waals surface area contributed by atoms with Crippen molar-refractivity contribution in [1.82, 2.24) is 4.90 Å². The maximum Gasteiger partial charge on any atom is 0.0406 e. The average molecular weight is 269 g/mol. The van der Waals surface area contributed by atoms with Crippen molar-refractivity contribution in [1.29, 1.82) is 0 Å². The fourth-order valence-corrected chi connectivity index (χ4v) is 2.59.